The van der Waals surface area contributed by atoms with Gasteiger partial charge in [0.25, 0.3) is 5.88 Å². The van der Waals surface area contributed by atoms with Crippen LogP contribution in [0.1, 0.15) is 100 Å². The van der Waals surface area contributed by atoms with Crippen LogP contribution in [0.3, 0.4) is 0 Å². The van der Waals surface area contributed by atoms with E-state index in [1.807, 2.05) is 66.7 Å². The van der Waals surface area contributed by atoms with Crippen molar-refractivity contribution in [3.05, 3.63) is 129 Å². The topological polar surface area (TPSA) is 128 Å². The van der Waals surface area contributed by atoms with Crippen molar-refractivity contribution < 1.29 is 38.5 Å². The van der Waals surface area contributed by atoms with Crippen molar-refractivity contribution in [3.8, 4) is 17.4 Å². The predicted molar refractivity (Wildman–Crippen MR) is 206 cm³/mol. The summed E-state index contributed by atoms with van der Waals surface area (Å²) in [6.45, 7) is 11.0. The molecular weight excluding hydrogens is 695 g/mol. The van der Waals surface area contributed by atoms with E-state index in [1.165, 1.54) is 12.7 Å². The average molecular weight is 740 g/mol. The number of aryl methyl sites for hydroxylation is 1. The van der Waals surface area contributed by atoms with Crippen LogP contribution in [-0.2, 0) is 41.8 Å². The van der Waals surface area contributed by atoms with Gasteiger partial charge in [-0.3, -0.25) is 9.59 Å². The zero-order valence-electron chi connectivity index (χ0n) is 32.0. The smallest absolute Gasteiger partial charge is 0.265 e. The van der Waals surface area contributed by atoms with Gasteiger partial charge in [0, 0.05) is 30.4 Å². The number of benzene rings is 4. The highest BCUT2D eigenvalue weighted by atomic mass is 16.5. The van der Waals surface area contributed by atoms with Crippen LogP contribution in [0.5, 0.6) is 17.4 Å². The molecule has 1 spiro atoms. The SMILES string of the molecule is COC1(C)c2c(c(O)c3c(OCc4ccccc4)cc(C)c4c3c2C[C@]42C(C)=CCCC2(C)C)C(=O)[C@]2(O)C(=O)c3c(OCc4ccccc4)noc3C[C@H]12. The molecule has 0 saturated heterocycles. The number of fused-ring (bicyclic) bond motifs is 5. The lowest BCUT2D eigenvalue weighted by molar-refractivity contribution is -0.118. The van der Waals surface area contributed by atoms with Gasteiger partial charge in [-0.2, -0.15) is 0 Å². The van der Waals surface area contributed by atoms with Crippen molar-refractivity contribution >= 4 is 22.3 Å². The molecule has 55 heavy (non-hydrogen) atoms. The number of rotatable bonds is 7. The summed E-state index contributed by atoms with van der Waals surface area (Å²) in [6, 6.07) is 21.1. The van der Waals surface area contributed by atoms with Crippen LogP contribution < -0.4 is 9.47 Å². The lowest BCUT2D eigenvalue weighted by Gasteiger charge is -2.51. The minimum absolute atomic E-state index is 0.0330. The first-order valence-electron chi connectivity index (χ1n) is 19.0. The number of aromatic hydroxyl groups is 1. The summed E-state index contributed by atoms with van der Waals surface area (Å²) in [4.78, 5) is 30.0. The molecule has 1 unspecified atom stereocenters. The summed E-state index contributed by atoms with van der Waals surface area (Å²) in [5, 5.41) is 30.8. The minimum Gasteiger partial charge on any atom is -0.506 e. The Morgan fingerprint density at radius 2 is 1.51 bits per heavy atom. The number of methoxy groups -OCH3 is 1. The monoisotopic (exact) mass is 739 g/mol. The van der Waals surface area contributed by atoms with Crippen LogP contribution in [0.2, 0.25) is 0 Å². The molecule has 0 fully saturated rings. The molecule has 0 amide bonds. The van der Waals surface area contributed by atoms with Crippen LogP contribution in [0, 0.1) is 18.3 Å². The van der Waals surface area contributed by atoms with Crippen LogP contribution in [0.4, 0.5) is 0 Å². The lowest BCUT2D eigenvalue weighted by Crippen LogP contribution is -2.65. The maximum absolute atomic E-state index is 15.2. The fourth-order valence-electron chi connectivity index (χ4n) is 10.7. The number of aliphatic hydroxyl groups is 1. The van der Waals surface area contributed by atoms with E-state index in [2.05, 4.69) is 38.9 Å². The number of phenolic OH excluding ortho intramolecular Hbond substituents is 1. The number of carbonyl (C=O) groups excluding carboxylic acids is 2. The molecule has 0 radical (unpaired) electrons. The molecule has 9 nitrogen and oxygen atoms in total. The summed E-state index contributed by atoms with van der Waals surface area (Å²) in [5.74, 6) is -2.71. The third-order valence-corrected chi connectivity index (χ3v) is 13.5. The molecule has 0 bridgehead atoms. The molecular formula is C46H45NO8. The molecule has 0 aliphatic heterocycles. The number of nitrogens with zero attached hydrogens (tertiary/aromatic N) is 1. The highest BCUT2D eigenvalue weighted by Crippen LogP contribution is 2.66. The van der Waals surface area contributed by atoms with E-state index in [4.69, 9.17) is 18.7 Å². The molecule has 9 rings (SSSR count). The average Bonchev–Trinajstić information content (AvgIpc) is 3.76. The zero-order chi connectivity index (χ0) is 38.7. The van der Waals surface area contributed by atoms with Gasteiger partial charge in [-0.25, -0.2) is 0 Å². The highest BCUT2D eigenvalue weighted by Gasteiger charge is 2.68. The molecule has 2 N–H and O–H groups in total. The van der Waals surface area contributed by atoms with Gasteiger partial charge >= 0.3 is 0 Å². The van der Waals surface area contributed by atoms with E-state index in [0.29, 0.717) is 23.1 Å². The van der Waals surface area contributed by atoms with E-state index >= 15 is 4.79 Å². The lowest BCUT2D eigenvalue weighted by atomic mass is 9.53. The Morgan fingerprint density at radius 1 is 0.873 bits per heavy atom. The van der Waals surface area contributed by atoms with E-state index in [9.17, 15) is 15.0 Å². The fourth-order valence-corrected chi connectivity index (χ4v) is 10.7. The van der Waals surface area contributed by atoms with E-state index < -0.39 is 34.1 Å². The predicted octanol–water partition coefficient (Wildman–Crippen LogP) is 8.40. The van der Waals surface area contributed by atoms with Crippen molar-refractivity contribution in [3.63, 3.8) is 0 Å². The van der Waals surface area contributed by atoms with Gasteiger partial charge in [0.05, 0.1) is 16.6 Å². The molecule has 9 heteroatoms. The van der Waals surface area contributed by atoms with Crippen LogP contribution >= 0.6 is 0 Å². The summed E-state index contributed by atoms with van der Waals surface area (Å²) in [5.41, 5.74) is 1.55. The molecule has 5 aromatic rings. The quantitative estimate of drug-likeness (QED) is 0.125. The van der Waals surface area contributed by atoms with E-state index in [-0.39, 0.29) is 53.6 Å². The number of hydrogen-bond donors (Lipinski definition) is 2. The van der Waals surface area contributed by atoms with Gasteiger partial charge in [-0.1, -0.05) is 86.2 Å². The van der Waals surface area contributed by atoms with Gasteiger partial charge in [0.1, 0.15) is 30.3 Å². The Morgan fingerprint density at radius 3 is 2.15 bits per heavy atom. The van der Waals surface area contributed by atoms with Gasteiger partial charge in [-0.05, 0) is 89.9 Å². The standard InChI is InChI=1S/C46H45NO8/c1-25-20-30(53-23-27-15-9-7-10-16-27)34-33-29(22-45(37(25)33)26(2)14-13-19-43(45,3)4)38-36(39(34)48)41(50)46(51)32(44(38,5)52-6)21-31-35(40(46)49)42(47-55-31)54-24-28-17-11-8-12-18-28/h7-12,14-18,20,32,48,51H,13,19,21-24H2,1-6H3/t32-,44?,45+,46-/m1/s1. The molecule has 1 aromatic heterocycles. The largest absolute Gasteiger partial charge is 0.506 e. The second kappa shape index (κ2) is 12.1. The van der Waals surface area contributed by atoms with E-state index in [1.54, 1.807) is 6.92 Å². The first kappa shape index (κ1) is 35.5. The van der Waals surface area contributed by atoms with Gasteiger partial charge < -0.3 is 28.9 Å². The Kier molecular flexibility index (Phi) is 7.81. The number of phenols is 1. The molecule has 1 heterocycles. The molecule has 282 valence electrons. The Hall–Kier alpha value is -5.25. The fraction of sp³-hybridized carbons (Fsp3) is 0.370. The Labute approximate surface area is 319 Å². The molecule has 0 saturated carbocycles. The number of carbonyl (C=O) groups is 2. The first-order chi connectivity index (χ1) is 26.3. The number of aromatic nitrogens is 1. The zero-order valence-corrected chi connectivity index (χ0v) is 32.0. The summed E-state index contributed by atoms with van der Waals surface area (Å²) < 4.78 is 24.7. The number of ether oxygens (including phenoxy) is 3. The van der Waals surface area contributed by atoms with Crippen molar-refractivity contribution in [2.45, 2.75) is 90.1 Å². The first-order valence-corrected chi connectivity index (χ1v) is 19.0. The molecule has 4 aliphatic carbocycles. The summed E-state index contributed by atoms with van der Waals surface area (Å²) >= 11 is 0. The van der Waals surface area contributed by atoms with Crippen molar-refractivity contribution in [1.29, 1.82) is 0 Å². The third-order valence-electron chi connectivity index (χ3n) is 13.5. The number of hydrogen-bond acceptors (Lipinski definition) is 9. The highest BCUT2D eigenvalue weighted by molar-refractivity contribution is 6.28. The van der Waals surface area contributed by atoms with Crippen molar-refractivity contribution in [2.24, 2.45) is 11.3 Å². The normalized spacial score (nSPS) is 26.1. The van der Waals surface area contributed by atoms with Gasteiger partial charge in [0.15, 0.2) is 11.4 Å². The van der Waals surface area contributed by atoms with E-state index in [0.717, 1.165) is 46.0 Å². The van der Waals surface area contributed by atoms with Gasteiger partial charge in [0.2, 0.25) is 11.6 Å². The van der Waals surface area contributed by atoms with Crippen LogP contribution in [-0.4, -0.2) is 39.6 Å². The second-order valence-corrected chi connectivity index (χ2v) is 16.6. The van der Waals surface area contributed by atoms with Crippen LogP contribution in [0.25, 0.3) is 10.8 Å². The Bertz CT molecular complexity index is 2460. The maximum atomic E-state index is 15.2. The number of ketones is 2. The molecule has 4 atom stereocenters. The third kappa shape index (κ3) is 4.63. The summed E-state index contributed by atoms with van der Waals surface area (Å²) in [7, 11) is 1.52. The Balaban J connectivity index is 1.28. The second-order valence-electron chi connectivity index (χ2n) is 16.6. The summed E-state index contributed by atoms with van der Waals surface area (Å²) in [6.07, 6.45) is 4.71. The number of Topliss-reactive ketones (excluding diaryl/α,β-unsaturated/α-hetero) is 2. The molecule has 4 aromatic carbocycles. The molecule has 4 aliphatic rings. The number of allylic oxidation sites excluding steroid dienone is 2. The van der Waals surface area contributed by atoms with Crippen molar-refractivity contribution in [2.75, 3.05) is 7.11 Å². The van der Waals surface area contributed by atoms with Crippen molar-refractivity contribution in [1.82, 2.24) is 5.16 Å². The van der Waals surface area contributed by atoms with Gasteiger partial charge in [-0.15, -0.1) is 0 Å². The maximum Gasteiger partial charge on any atom is 0.265 e. The minimum atomic E-state index is -2.63. The van der Waals surface area contributed by atoms with Crippen LogP contribution in [0.15, 0.2) is 82.9 Å².